The Kier molecular flexibility index (Phi) is 5.20. The van der Waals surface area contributed by atoms with Crippen LogP contribution in [0.3, 0.4) is 0 Å². The minimum absolute atomic E-state index is 0.0634. The van der Waals surface area contributed by atoms with E-state index in [0.29, 0.717) is 18.0 Å². The normalized spacial score (nSPS) is 16.5. The molecule has 0 radical (unpaired) electrons. The van der Waals surface area contributed by atoms with Crippen molar-refractivity contribution in [3.63, 3.8) is 0 Å². The maximum Gasteiger partial charge on any atom is 0.323 e. The first-order chi connectivity index (χ1) is 10.9. The van der Waals surface area contributed by atoms with Gasteiger partial charge in [0, 0.05) is 19.5 Å². The Bertz CT molecular complexity index is 616. The van der Waals surface area contributed by atoms with Crippen LogP contribution in [-0.4, -0.2) is 53.5 Å². The fourth-order valence-corrected chi connectivity index (χ4v) is 2.49. The first kappa shape index (κ1) is 16.8. The van der Waals surface area contributed by atoms with E-state index in [0.717, 1.165) is 0 Å². The monoisotopic (exact) mass is 320 g/mol. The molecule has 0 saturated carbocycles. The number of carbonyl (C=O) groups excluding carboxylic acids is 2. The van der Waals surface area contributed by atoms with Gasteiger partial charge in [0.2, 0.25) is 5.91 Å². The average Bonchev–Trinajstić information content (AvgIpc) is 2.52. The van der Waals surface area contributed by atoms with E-state index in [1.165, 1.54) is 9.80 Å². The van der Waals surface area contributed by atoms with Gasteiger partial charge in [0.05, 0.1) is 5.69 Å². The van der Waals surface area contributed by atoms with Crippen molar-refractivity contribution in [3.05, 3.63) is 24.3 Å². The minimum atomic E-state index is -1.05. The minimum Gasteiger partial charge on any atom is -0.480 e. The highest BCUT2D eigenvalue weighted by molar-refractivity contribution is 6.00. The number of likely N-dealkylation sites (N-methyl/N-ethyl adjacent to an activating group) is 1. The lowest BCUT2D eigenvalue weighted by atomic mass is 10.1. The van der Waals surface area contributed by atoms with Crippen molar-refractivity contribution in [1.29, 1.82) is 0 Å². The number of amides is 2. The molecule has 1 heterocycles. The smallest absolute Gasteiger partial charge is 0.323 e. The van der Waals surface area contributed by atoms with E-state index in [4.69, 9.17) is 9.84 Å². The molecule has 0 aliphatic carbocycles. The molecule has 1 atom stereocenters. The molecule has 0 saturated heterocycles. The SMILES string of the molecule is CCN(CC(=O)O)C(=O)CCN1C(=O)C(C)Oc2ccccc21. The van der Waals surface area contributed by atoms with E-state index in [1.807, 2.05) is 6.07 Å². The summed E-state index contributed by atoms with van der Waals surface area (Å²) in [5.41, 5.74) is 0.629. The lowest BCUT2D eigenvalue weighted by Gasteiger charge is -2.33. The van der Waals surface area contributed by atoms with E-state index in [9.17, 15) is 14.4 Å². The van der Waals surface area contributed by atoms with E-state index in [2.05, 4.69) is 0 Å². The number of ether oxygens (including phenoxy) is 1. The Morgan fingerprint density at radius 1 is 1.35 bits per heavy atom. The van der Waals surface area contributed by atoms with Gasteiger partial charge in [-0.2, -0.15) is 0 Å². The van der Waals surface area contributed by atoms with Gasteiger partial charge in [-0.3, -0.25) is 14.4 Å². The van der Waals surface area contributed by atoms with Crippen LogP contribution in [0.4, 0.5) is 5.69 Å². The highest BCUT2D eigenvalue weighted by atomic mass is 16.5. The van der Waals surface area contributed by atoms with Gasteiger partial charge < -0.3 is 19.6 Å². The van der Waals surface area contributed by atoms with E-state index in [-0.39, 0.29) is 31.3 Å². The molecule has 7 nitrogen and oxygen atoms in total. The van der Waals surface area contributed by atoms with Gasteiger partial charge in [0.25, 0.3) is 5.91 Å². The van der Waals surface area contributed by atoms with Gasteiger partial charge in [-0.25, -0.2) is 0 Å². The number of anilines is 1. The van der Waals surface area contributed by atoms with Gasteiger partial charge in [-0.15, -0.1) is 0 Å². The van der Waals surface area contributed by atoms with Gasteiger partial charge in [-0.1, -0.05) is 12.1 Å². The summed E-state index contributed by atoms with van der Waals surface area (Å²) >= 11 is 0. The first-order valence-electron chi connectivity index (χ1n) is 7.50. The van der Waals surface area contributed by atoms with Crippen molar-refractivity contribution in [3.8, 4) is 5.75 Å². The summed E-state index contributed by atoms with van der Waals surface area (Å²) in [6, 6.07) is 7.15. The molecule has 2 amide bonds. The van der Waals surface area contributed by atoms with E-state index >= 15 is 0 Å². The number of para-hydroxylation sites is 2. The number of hydrogen-bond donors (Lipinski definition) is 1. The molecule has 0 fully saturated rings. The lowest BCUT2D eigenvalue weighted by Crippen LogP contribution is -2.46. The van der Waals surface area contributed by atoms with Crippen LogP contribution in [0, 0.1) is 0 Å². The zero-order valence-corrected chi connectivity index (χ0v) is 13.2. The molecule has 1 aromatic carbocycles. The first-order valence-corrected chi connectivity index (χ1v) is 7.50. The third kappa shape index (κ3) is 3.80. The summed E-state index contributed by atoms with van der Waals surface area (Å²) in [7, 11) is 0. The number of nitrogens with zero attached hydrogens (tertiary/aromatic N) is 2. The van der Waals surface area contributed by atoms with E-state index < -0.39 is 12.1 Å². The van der Waals surface area contributed by atoms with Crippen molar-refractivity contribution >= 4 is 23.5 Å². The van der Waals surface area contributed by atoms with Crippen molar-refractivity contribution in [2.24, 2.45) is 0 Å². The maximum absolute atomic E-state index is 12.3. The van der Waals surface area contributed by atoms with Crippen LogP contribution in [0.15, 0.2) is 24.3 Å². The Balaban J connectivity index is 2.08. The standard InChI is InChI=1S/C16H20N2O5/c1-3-17(10-15(20)21)14(19)8-9-18-12-6-4-5-7-13(12)23-11(2)16(18)22/h4-7,11H,3,8-10H2,1-2H3,(H,20,21). The molecule has 1 aliphatic rings. The predicted molar refractivity (Wildman–Crippen MR) is 83.4 cm³/mol. The van der Waals surface area contributed by atoms with Gasteiger partial charge in [0.15, 0.2) is 6.10 Å². The highest BCUT2D eigenvalue weighted by Crippen LogP contribution is 2.33. The second kappa shape index (κ2) is 7.13. The molecule has 7 heteroatoms. The molecule has 124 valence electrons. The van der Waals surface area contributed by atoms with Crippen LogP contribution in [-0.2, 0) is 14.4 Å². The maximum atomic E-state index is 12.3. The molecule has 2 rings (SSSR count). The number of fused-ring (bicyclic) bond motifs is 1. The van der Waals surface area contributed by atoms with Crippen LogP contribution in [0.2, 0.25) is 0 Å². The van der Waals surface area contributed by atoms with Crippen LogP contribution < -0.4 is 9.64 Å². The summed E-state index contributed by atoms with van der Waals surface area (Å²) in [4.78, 5) is 38.0. The number of hydrogen-bond acceptors (Lipinski definition) is 4. The van der Waals surface area contributed by atoms with Gasteiger partial charge in [-0.05, 0) is 26.0 Å². The van der Waals surface area contributed by atoms with Crippen molar-refractivity contribution in [1.82, 2.24) is 4.90 Å². The molecule has 0 bridgehead atoms. The summed E-state index contributed by atoms with van der Waals surface area (Å²) in [6.45, 7) is 3.56. The molecule has 1 N–H and O–H groups in total. The summed E-state index contributed by atoms with van der Waals surface area (Å²) in [6.07, 6.45) is -0.547. The molecular formula is C16H20N2O5. The Labute approximate surface area is 134 Å². The predicted octanol–water partition coefficient (Wildman–Crippen LogP) is 1.12. The highest BCUT2D eigenvalue weighted by Gasteiger charge is 2.31. The van der Waals surface area contributed by atoms with Crippen LogP contribution in [0.25, 0.3) is 0 Å². The van der Waals surface area contributed by atoms with E-state index in [1.54, 1.807) is 32.0 Å². The number of carboxylic acid groups (broad SMARTS) is 1. The Morgan fingerprint density at radius 3 is 2.70 bits per heavy atom. The summed E-state index contributed by atoms with van der Waals surface area (Å²) in [5.74, 6) is -0.955. The third-order valence-corrected chi connectivity index (χ3v) is 3.68. The second-order valence-electron chi connectivity index (χ2n) is 5.27. The number of carboxylic acids is 1. The number of benzene rings is 1. The molecule has 23 heavy (non-hydrogen) atoms. The quantitative estimate of drug-likeness (QED) is 0.849. The van der Waals surface area contributed by atoms with Crippen LogP contribution >= 0.6 is 0 Å². The Hall–Kier alpha value is -2.57. The van der Waals surface area contributed by atoms with Crippen molar-refractivity contribution in [2.45, 2.75) is 26.4 Å². The molecule has 1 aliphatic heterocycles. The molecule has 1 aromatic rings. The van der Waals surface area contributed by atoms with Crippen molar-refractivity contribution < 1.29 is 24.2 Å². The van der Waals surface area contributed by atoms with Crippen LogP contribution in [0.1, 0.15) is 20.3 Å². The zero-order chi connectivity index (χ0) is 17.0. The van der Waals surface area contributed by atoms with Gasteiger partial charge >= 0.3 is 5.97 Å². The topological polar surface area (TPSA) is 87.2 Å². The van der Waals surface area contributed by atoms with Gasteiger partial charge in [0.1, 0.15) is 12.3 Å². The zero-order valence-electron chi connectivity index (χ0n) is 13.2. The average molecular weight is 320 g/mol. The third-order valence-electron chi connectivity index (χ3n) is 3.68. The second-order valence-corrected chi connectivity index (χ2v) is 5.27. The fraction of sp³-hybridized carbons (Fsp3) is 0.438. The molecule has 0 spiro atoms. The summed E-state index contributed by atoms with van der Waals surface area (Å²) < 4.78 is 5.54. The largest absolute Gasteiger partial charge is 0.480 e. The summed E-state index contributed by atoms with van der Waals surface area (Å²) in [5, 5.41) is 8.81. The lowest BCUT2D eigenvalue weighted by molar-refractivity contribution is -0.144. The molecular weight excluding hydrogens is 300 g/mol. The van der Waals surface area contributed by atoms with Crippen LogP contribution in [0.5, 0.6) is 5.75 Å². The Morgan fingerprint density at radius 2 is 2.04 bits per heavy atom. The number of aliphatic carboxylic acids is 1. The number of rotatable bonds is 6. The number of carbonyl (C=O) groups is 3. The van der Waals surface area contributed by atoms with Crippen molar-refractivity contribution in [2.75, 3.05) is 24.5 Å². The fourth-order valence-electron chi connectivity index (χ4n) is 2.49. The molecule has 0 aromatic heterocycles. The molecule has 1 unspecified atom stereocenters.